The van der Waals surface area contributed by atoms with Crippen LogP contribution in [0.1, 0.15) is 27.4 Å². The highest BCUT2D eigenvalue weighted by atomic mass is 16.1. The Morgan fingerprint density at radius 1 is 0.933 bits per heavy atom. The Kier molecular flexibility index (Phi) is 5.21. The van der Waals surface area contributed by atoms with E-state index in [0.29, 0.717) is 28.7 Å². The first-order valence-corrected chi connectivity index (χ1v) is 9.46. The third kappa shape index (κ3) is 4.17. The maximum absolute atomic E-state index is 12.8. The van der Waals surface area contributed by atoms with Crippen molar-refractivity contribution in [3.05, 3.63) is 83.6 Å². The molecule has 3 heterocycles. The molecule has 4 rings (SSSR count). The summed E-state index contributed by atoms with van der Waals surface area (Å²) in [5, 5.41) is 10.4. The lowest BCUT2D eigenvalue weighted by atomic mass is 10.2. The van der Waals surface area contributed by atoms with Crippen molar-refractivity contribution in [3.8, 4) is 5.82 Å². The lowest BCUT2D eigenvalue weighted by molar-refractivity contribution is 0.102. The fourth-order valence-electron chi connectivity index (χ4n) is 3.13. The minimum Gasteiger partial charge on any atom is -0.324 e. The van der Waals surface area contributed by atoms with Gasteiger partial charge in [-0.25, -0.2) is 19.6 Å². The highest BCUT2D eigenvalue weighted by molar-refractivity contribution is 6.05. The van der Waals surface area contributed by atoms with E-state index in [4.69, 9.17) is 0 Å². The van der Waals surface area contributed by atoms with E-state index in [0.717, 1.165) is 17.1 Å². The molecule has 0 aliphatic heterocycles. The van der Waals surface area contributed by atoms with Crippen LogP contribution < -0.4 is 10.6 Å². The molecule has 4 aromatic rings. The van der Waals surface area contributed by atoms with Gasteiger partial charge in [0.15, 0.2) is 5.82 Å². The molecule has 150 valence electrons. The highest BCUT2D eigenvalue weighted by Gasteiger charge is 2.16. The van der Waals surface area contributed by atoms with Crippen LogP contribution >= 0.6 is 0 Å². The predicted molar refractivity (Wildman–Crippen MR) is 115 cm³/mol. The van der Waals surface area contributed by atoms with Crippen molar-refractivity contribution in [2.75, 3.05) is 10.6 Å². The smallest absolute Gasteiger partial charge is 0.259 e. The molecule has 0 spiro atoms. The van der Waals surface area contributed by atoms with E-state index in [1.165, 1.54) is 0 Å². The van der Waals surface area contributed by atoms with Crippen LogP contribution in [0.5, 0.6) is 0 Å². The third-order valence-corrected chi connectivity index (χ3v) is 4.48. The fraction of sp³-hybridized carbons (Fsp3) is 0.136. The monoisotopic (exact) mass is 399 g/mol. The number of rotatable bonds is 5. The number of benzene rings is 1. The fourth-order valence-corrected chi connectivity index (χ4v) is 3.13. The minimum atomic E-state index is -0.241. The quantitative estimate of drug-likeness (QED) is 0.527. The summed E-state index contributed by atoms with van der Waals surface area (Å²) in [5.74, 6) is 0.937. The summed E-state index contributed by atoms with van der Waals surface area (Å²) in [7, 11) is 0. The van der Waals surface area contributed by atoms with Gasteiger partial charge in [-0.3, -0.25) is 4.79 Å². The lowest BCUT2D eigenvalue weighted by Crippen LogP contribution is -2.13. The molecule has 2 N–H and O–H groups in total. The summed E-state index contributed by atoms with van der Waals surface area (Å²) < 4.78 is 1.64. The highest BCUT2D eigenvalue weighted by Crippen LogP contribution is 2.20. The van der Waals surface area contributed by atoms with Gasteiger partial charge in [0.05, 0.1) is 17.5 Å². The number of aryl methyl sites for hydroxylation is 2. The first-order chi connectivity index (χ1) is 14.5. The van der Waals surface area contributed by atoms with E-state index in [-0.39, 0.29) is 5.91 Å². The molecule has 0 fully saturated rings. The van der Waals surface area contributed by atoms with E-state index in [1.807, 2.05) is 69.3 Å². The average Bonchev–Trinajstić information content (AvgIpc) is 3.09. The number of nitrogens with zero attached hydrogens (tertiary/aromatic N) is 5. The molecule has 0 atom stereocenters. The van der Waals surface area contributed by atoms with Crippen LogP contribution in [0.3, 0.4) is 0 Å². The molecule has 30 heavy (non-hydrogen) atoms. The summed E-state index contributed by atoms with van der Waals surface area (Å²) in [5.41, 5.74) is 4.39. The molecule has 0 bridgehead atoms. The summed E-state index contributed by atoms with van der Waals surface area (Å²) in [4.78, 5) is 25.9. The van der Waals surface area contributed by atoms with Crippen LogP contribution in [-0.4, -0.2) is 30.6 Å². The van der Waals surface area contributed by atoms with Gasteiger partial charge in [-0.1, -0.05) is 12.1 Å². The predicted octanol–water partition coefficient (Wildman–Crippen LogP) is 3.98. The number of carbonyl (C=O) groups is 1. The molecule has 0 saturated carbocycles. The molecular formula is C22H21N7O. The molecule has 0 saturated heterocycles. The number of anilines is 3. The van der Waals surface area contributed by atoms with Gasteiger partial charge in [-0.15, -0.1) is 0 Å². The number of pyridine rings is 1. The second-order valence-corrected chi connectivity index (χ2v) is 6.88. The van der Waals surface area contributed by atoms with Crippen molar-refractivity contribution < 1.29 is 4.79 Å². The van der Waals surface area contributed by atoms with E-state index in [2.05, 4.69) is 30.7 Å². The second kappa shape index (κ2) is 8.12. The number of hydrogen-bond donors (Lipinski definition) is 2. The number of aromatic nitrogens is 5. The van der Waals surface area contributed by atoms with Crippen molar-refractivity contribution >= 4 is 23.2 Å². The maximum Gasteiger partial charge on any atom is 0.259 e. The zero-order valence-corrected chi connectivity index (χ0v) is 16.9. The molecule has 8 heteroatoms. The van der Waals surface area contributed by atoms with E-state index >= 15 is 0 Å². The van der Waals surface area contributed by atoms with E-state index < -0.39 is 0 Å². The van der Waals surface area contributed by atoms with Crippen molar-refractivity contribution in [3.63, 3.8) is 0 Å². The summed E-state index contributed by atoms with van der Waals surface area (Å²) in [6.07, 6.45) is 3.24. The van der Waals surface area contributed by atoms with Crippen LogP contribution in [0.2, 0.25) is 0 Å². The van der Waals surface area contributed by atoms with Crippen LogP contribution in [-0.2, 0) is 0 Å². The van der Waals surface area contributed by atoms with Gasteiger partial charge in [0, 0.05) is 29.0 Å². The number of nitrogens with one attached hydrogen (secondary N) is 2. The van der Waals surface area contributed by atoms with Gasteiger partial charge < -0.3 is 10.6 Å². The molecule has 1 amide bonds. The van der Waals surface area contributed by atoms with E-state index in [9.17, 15) is 4.79 Å². The molecular weight excluding hydrogens is 378 g/mol. The SMILES string of the molecule is Cc1cc(C)nc(Nc2cccc(NC(=O)c3cnn(-c4ccccn4)c3C)c2)n1. The average molecular weight is 399 g/mol. The van der Waals surface area contributed by atoms with Gasteiger partial charge in [0.1, 0.15) is 0 Å². The molecule has 0 radical (unpaired) electrons. The van der Waals surface area contributed by atoms with Gasteiger partial charge in [-0.05, 0) is 57.2 Å². The van der Waals surface area contributed by atoms with Crippen LogP contribution in [0.15, 0.2) is 60.9 Å². The zero-order chi connectivity index (χ0) is 21.1. The lowest BCUT2D eigenvalue weighted by Gasteiger charge is -2.10. The normalized spacial score (nSPS) is 10.6. The maximum atomic E-state index is 12.8. The molecule has 0 aliphatic carbocycles. The van der Waals surface area contributed by atoms with Crippen molar-refractivity contribution in [2.24, 2.45) is 0 Å². The minimum absolute atomic E-state index is 0.241. The number of hydrogen-bond acceptors (Lipinski definition) is 6. The Morgan fingerprint density at radius 2 is 1.70 bits per heavy atom. The Bertz CT molecular complexity index is 1180. The van der Waals surface area contributed by atoms with Crippen LogP contribution in [0.4, 0.5) is 17.3 Å². The van der Waals surface area contributed by atoms with Crippen LogP contribution in [0.25, 0.3) is 5.82 Å². The molecule has 8 nitrogen and oxygen atoms in total. The van der Waals surface area contributed by atoms with Gasteiger partial charge >= 0.3 is 0 Å². The van der Waals surface area contributed by atoms with Crippen molar-refractivity contribution in [1.82, 2.24) is 24.7 Å². The third-order valence-electron chi connectivity index (χ3n) is 4.48. The second-order valence-electron chi connectivity index (χ2n) is 6.88. The van der Waals surface area contributed by atoms with E-state index in [1.54, 1.807) is 17.1 Å². The molecule has 1 aromatic carbocycles. The van der Waals surface area contributed by atoms with Crippen LogP contribution in [0, 0.1) is 20.8 Å². The molecule has 0 unspecified atom stereocenters. The Morgan fingerprint density at radius 3 is 2.43 bits per heavy atom. The molecule has 3 aromatic heterocycles. The van der Waals surface area contributed by atoms with Gasteiger partial charge in [0.2, 0.25) is 5.95 Å². The topological polar surface area (TPSA) is 97.6 Å². The number of carbonyl (C=O) groups excluding carboxylic acids is 1. The largest absolute Gasteiger partial charge is 0.324 e. The van der Waals surface area contributed by atoms with Gasteiger partial charge in [0.25, 0.3) is 5.91 Å². The standard InChI is InChI=1S/C22H21N7O/c1-14-11-15(2)26-22(25-14)28-18-8-6-7-17(12-18)27-21(30)19-13-24-29(16(19)3)20-9-4-5-10-23-20/h4-13H,1-3H3,(H,27,30)(H,25,26,28). The number of amides is 1. The summed E-state index contributed by atoms with van der Waals surface area (Å²) >= 11 is 0. The summed E-state index contributed by atoms with van der Waals surface area (Å²) in [6.45, 7) is 5.68. The van der Waals surface area contributed by atoms with Gasteiger partial charge in [-0.2, -0.15) is 5.10 Å². The Hall–Kier alpha value is -4.07. The van der Waals surface area contributed by atoms with Crippen molar-refractivity contribution in [1.29, 1.82) is 0 Å². The first-order valence-electron chi connectivity index (χ1n) is 9.46. The zero-order valence-electron chi connectivity index (χ0n) is 16.9. The summed E-state index contributed by atoms with van der Waals surface area (Å²) in [6, 6.07) is 14.9. The first kappa shape index (κ1) is 19.3. The van der Waals surface area contributed by atoms with Crippen molar-refractivity contribution in [2.45, 2.75) is 20.8 Å². The molecule has 0 aliphatic rings. The Labute approximate surface area is 174 Å². The Balaban J connectivity index is 1.52.